The van der Waals surface area contributed by atoms with Gasteiger partial charge in [0, 0.05) is 6.54 Å². The summed E-state index contributed by atoms with van der Waals surface area (Å²) in [6, 6.07) is 10.6. The number of nitrogens with one attached hydrogen (secondary N) is 2. The zero-order valence-corrected chi connectivity index (χ0v) is 11.3. The lowest BCUT2D eigenvalue weighted by molar-refractivity contribution is -0.125. The van der Waals surface area contributed by atoms with Gasteiger partial charge in [-0.05, 0) is 37.3 Å². The average molecular weight is 258 g/mol. The van der Waals surface area contributed by atoms with E-state index in [-0.39, 0.29) is 17.9 Å². The summed E-state index contributed by atoms with van der Waals surface area (Å²) in [5, 5.41) is 6.56. The van der Waals surface area contributed by atoms with E-state index in [1.807, 2.05) is 6.07 Å². The summed E-state index contributed by atoms with van der Waals surface area (Å²) in [7, 11) is 0. The fourth-order valence-corrected chi connectivity index (χ4v) is 3.06. The van der Waals surface area contributed by atoms with Crippen LogP contribution < -0.4 is 10.6 Å². The lowest BCUT2D eigenvalue weighted by Gasteiger charge is -2.35. The number of benzene rings is 1. The third-order valence-corrected chi connectivity index (χ3v) is 4.51. The van der Waals surface area contributed by atoms with Crippen molar-refractivity contribution in [3.63, 3.8) is 0 Å². The van der Waals surface area contributed by atoms with Crippen molar-refractivity contribution in [2.45, 2.75) is 31.7 Å². The minimum Gasteiger partial charge on any atom is -0.349 e. The van der Waals surface area contributed by atoms with Gasteiger partial charge in [0.15, 0.2) is 0 Å². The van der Waals surface area contributed by atoms with Gasteiger partial charge in [-0.25, -0.2) is 0 Å². The SMILES string of the molecule is O=C(NC(c1ccccc1)C1CCC1)C1CCNC1. The molecule has 2 fully saturated rings. The number of amides is 1. The first-order valence-corrected chi connectivity index (χ1v) is 7.40. The quantitative estimate of drug-likeness (QED) is 0.869. The van der Waals surface area contributed by atoms with Gasteiger partial charge in [0.2, 0.25) is 5.91 Å². The second kappa shape index (κ2) is 5.74. The van der Waals surface area contributed by atoms with Crippen LogP contribution in [0.1, 0.15) is 37.3 Å². The Hall–Kier alpha value is -1.35. The molecule has 1 aliphatic carbocycles. The highest BCUT2D eigenvalue weighted by Crippen LogP contribution is 2.37. The van der Waals surface area contributed by atoms with Gasteiger partial charge < -0.3 is 10.6 Å². The molecule has 0 aromatic heterocycles. The molecule has 0 bridgehead atoms. The van der Waals surface area contributed by atoms with Gasteiger partial charge in [0.05, 0.1) is 12.0 Å². The van der Waals surface area contributed by atoms with E-state index in [0.29, 0.717) is 5.92 Å². The Labute approximate surface area is 114 Å². The van der Waals surface area contributed by atoms with Crippen LogP contribution in [0.4, 0.5) is 0 Å². The van der Waals surface area contributed by atoms with E-state index < -0.39 is 0 Å². The molecule has 1 aromatic rings. The third-order valence-electron chi connectivity index (χ3n) is 4.51. The first kappa shape index (κ1) is 12.7. The third kappa shape index (κ3) is 2.81. The van der Waals surface area contributed by atoms with E-state index in [0.717, 1.165) is 19.5 Å². The fourth-order valence-electron chi connectivity index (χ4n) is 3.06. The first-order valence-electron chi connectivity index (χ1n) is 7.40. The molecule has 0 spiro atoms. The van der Waals surface area contributed by atoms with Crippen molar-refractivity contribution in [1.29, 1.82) is 0 Å². The van der Waals surface area contributed by atoms with Crippen molar-refractivity contribution in [3.8, 4) is 0 Å². The molecule has 1 saturated heterocycles. The van der Waals surface area contributed by atoms with Crippen LogP contribution in [0.15, 0.2) is 30.3 Å². The molecule has 1 amide bonds. The summed E-state index contributed by atoms with van der Waals surface area (Å²) >= 11 is 0. The minimum absolute atomic E-state index is 0.159. The predicted molar refractivity (Wildman–Crippen MR) is 75.6 cm³/mol. The molecule has 2 aliphatic rings. The smallest absolute Gasteiger partial charge is 0.224 e. The molecule has 2 unspecified atom stereocenters. The maximum atomic E-state index is 12.3. The molecule has 3 nitrogen and oxygen atoms in total. The predicted octanol–water partition coefficient (Wildman–Crippen LogP) is 2.25. The molecule has 1 aliphatic heterocycles. The van der Waals surface area contributed by atoms with E-state index >= 15 is 0 Å². The molecule has 1 saturated carbocycles. The lowest BCUT2D eigenvalue weighted by atomic mass is 9.77. The number of hydrogen-bond acceptors (Lipinski definition) is 2. The summed E-state index contributed by atoms with van der Waals surface area (Å²) in [6.45, 7) is 1.80. The Bertz CT molecular complexity index is 422. The van der Waals surface area contributed by atoms with Crippen LogP contribution in [-0.2, 0) is 4.79 Å². The lowest BCUT2D eigenvalue weighted by Crippen LogP contribution is -2.40. The summed E-state index contributed by atoms with van der Waals surface area (Å²) in [4.78, 5) is 12.3. The minimum atomic E-state index is 0.159. The average Bonchev–Trinajstić information content (AvgIpc) is 2.91. The van der Waals surface area contributed by atoms with Crippen molar-refractivity contribution < 1.29 is 4.79 Å². The molecule has 2 N–H and O–H groups in total. The summed E-state index contributed by atoms with van der Waals surface area (Å²) < 4.78 is 0. The maximum Gasteiger partial charge on any atom is 0.224 e. The van der Waals surface area contributed by atoms with Crippen LogP contribution in [0, 0.1) is 11.8 Å². The van der Waals surface area contributed by atoms with Crippen molar-refractivity contribution in [1.82, 2.24) is 10.6 Å². The molecular weight excluding hydrogens is 236 g/mol. The van der Waals surface area contributed by atoms with Crippen LogP contribution in [0.25, 0.3) is 0 Å². The molecule has 19 heavy (non-hydrogen) atoms. The Balaban J connectivity index is 1.70. The van der Waals surface area contributed by atoms with Crippen LogP contribution in [0.2, 0.25) is 0 Å². The van der Waals surface area contributed by atoms with Gasteiger partial charge in [0.1, 0.15) is 0 Å². The molecule has 3 rings (SSSR count). The second-order valence-electron chi connectivity index (χ2n) is 5.78. The Kier molecular flexibility index (Phi) is 3.83. The Morgan fingerprint density at radius 2 is 2.00 bits per heavy atom. The molecule has 2 atom stereocenters. The van der Waals surface area contributed by atoms with Gasteiger partial charge in [-0.1, -0.05) is 36.8 Å². The van der Waals surface area contributed by atoms with Gasteiger partial charge in [-0.2, -0.15) is 0 Å². The highest BCUT2D eigenvalue weighted by atomic mass is 16.2. The van der Waals surface area contributed by atoms with Crippen LogP contribution in [0.3, 0.4) is 0 Å². The normalized spacial score (nSPS) is 24.7. The van der Waals surface area contributed by atoms with Crippen molar-refractivity contribution >= 4 is 5.91 Å². The molecule has 1 heterocycles. The molecule has 3 heteroatoms. The van der Waals surface area contributed by atoms with Gasteiger partial charge in [0.25, 0.3) is 0 Å². The zero-order chi connectivity index (χ0) is 13.1. The molecule has 0 radical (unpaired) electrons. The number of rotatable bonds is 4. The second-order valence-corrected chi connectivity index (χ2v) is 5.78. The van der Waals surface area contributed by atoms with Crippen LogP contribution >= 0.6 is 0 Å². The number of carbonyl (C=O) groups excluding carboxylic acids is 1. The molecule has 102 valence electrons. The van der Waals surface area contributed by atoms with Crippen LogP contribution in [0.5, 0.6) is 0 Å². The van der Waals surface area contributed by atoms with Gasteiger partial charge in [-0.15, -0.1) is 0 Å². The van der Waals surface area contributed by atoms with E-state index in [4.69, 9.17) is 0 Å². The van der Waals surface area contributed by atoms with E-state index in [2.05, 4.69) is 34.9 Å². The number of hydrogen-bond donors (Lipinski definition) is 2. The topological polar surface area (TPSA) is 41.1 Å². The molecular formula is C16H22N2O. The van der Waals surface area contributed by atoms with Gasteiger partial charge >= 0.3 is 0 Å². The maximum absolute atomic E-state index is 12.3. The van der Waals surface area contributed by atoms with Crippen LogP contribution in [-0.4, -0.2) is 19.0 Å². The first-order chi connectivity index (χ1) is 9.34. The van der Waals surface area contributed by atoms with E-state index in [1.165, 1.54) is 24.8 Å². The van der Waals surface area contributed by atoms with E-state index in [9.17, 15) is 4.79 Å². The summed E-state index contributed by atoms with van der Waals surface area (Å²) in [5.74, 6) is 1.01. The number of carbonyl (C=O) groups is 1. The Morgan fingerprint density at radius 1 is 1.21 bits per heavy atom. The van der Waals surface area contributed by atoms with Gasteiger partial charge in [-0.3, -0.25) is 4.79 Å². The van der Waals surface area contributed by atoms with Crippen molar-refractivity contribution in [3.05, 3.63) is 35.9 Å². The zero-order valence-electron chi connectivity index (χ0n) is 11.3. The van der Waals surface area contributed by atoms with Crippen molar-refractivity contribution in [2.75, 3.05) is 13.1 Å². The standard InChI is InChI=1S/C16H22N2O/c19-16(14-9-10-17-11-14)18-15(13-7-4-8-13)12-5-2-1-3-6-12/h1-3,5-6,13-15,17H,4,7-11H2,(H,18,19). The fraction of sp³-hybridized carbons (Fsp3) is 0.562. The molecule has 1 aromatic carbocycles. The Morgan fingerprint density at radius 3 is 2.58 bits per heavy atom. The van der Waals surface area contributed by atoms with Crippen molar-refractivity contribution in [2.24, 2.45) is 11.8 Å². The summed E-state index contributed by atoms with van der Waals surface area (Å²) in [6.07, 6.45) is 4.75. The highest BCUT2D eigenvalue weighted by Gasteiger charge is 2.32. The highest BCUT2D eigenvalue weighted by molar-refractivity contribution is 5.79. The van der Waals surface area contributed by atoms with E-state index in [1.54, 1.807) is 0 Å². The summed E-state index contributed by atoms with van der Waals surface area (Å²) in [5.41, 5.74) is 1.26. The largest absolute Gasteiger partial charge is 0.349 e. The monoisotopic (exact) mass is 258 g/mol.